The molecule has 0 saturated heterocycles. The van der Waals surface area contributed by atoms with Gasteiger partial charge in [0.1, 0.15) is 17.3 Å². The number of primary sulfonamides is 1. The number of sulfonamides is 1. The zero-order valence-corrected chi connectivity index (χ0v) is 12.4. The highest BCUT2D eigenvalue weighted by molar-refractivity contribution is 7.89. The van der Waals surface area contributed by atoms with E-state index in [0.717, 1.165) is 11.1 Å². The zero-order chi connectivity index (χ0) is 14.8. The third-order valence-electron chi connectivity index (χ3n) is 2.86. The number of hydrogen-bond acceptors (Lipinski definition) is 3. The Kier molecular flexibility index (Phi) is 4.32. The zero-order valence-electron chi connectivity index (χ0n) is 10.8. The van der Waals surface area contributed by atoms with Crippen LogP contribution in [0.15, 0.2) is 47.4 Å². The molecule has 0 spiro atoms. The molecule has 0 radical (unpaired) electrons. The summed E-state index contributed by atoms with van der Waals surface area (Å²) >= 11 is 5.79. The highest BCUT2D eigenvalue weighted by atomic mass is 35.5. The van der Waals surface area contributed by atoms with Crippen molar-refractivity contribution < 1.29 is 13.2 Å². The van der Waals surface area contributed by atoms with Crippen molar-refractivity contribution in [2.75, 3.05) is 0 Å². The predicted octanol–water partition coefficient (Wildman–Crippen LogP) is 2.87. The highest BCUT2D eigenvalue weighted by Crippen LogP contribution is 2.27. The van der Waals surface area contributed by atoms with E-state index in [-0.39, 0.29) is 22.3 Å². The third kappa shape index (κ3) is 3.50. The maximum Gasteiger partial charge on any atom is 0.241 e. The lowest BCUT2D eigenvalue weighted by atomic mass is 10.1. The molecule has 0 aliphatic carbocycles. The molecule has 0 aliphatic rings. The minimum absolute atomic E-state index is 0.112. The van der Waals surface area contributed by atoms with Gasteiger partial charge in [0, 0.05) is 5.02 Å². The van der Waals surface area contributed by atoms with Gasteiger partial charge in [-0.05, 0) is 36.2 Å². The van der Waals surface area contributed by atoms with Crippen molar-refractivity contribution in [3.8, 4) is 5.75 Å². The second-order valence-electron chi connectivity index (χ2n) is 4.35. The molecular weight excluding hydrogens is 298 g/mol. The van der Waals surface area contributed by atoms with E-state index in [4.69, 9.17) is 21.5 Å². The van der Waals surface area contributed by atoms with Gasteiger partial charge in [0.2, 0.25) is 10.0 Å². The van der Waals surface area contributed by atoms with Crippen molar-refractivity contribution in [1.29, 1.82) is 0 Å². The van der Waals surface area contributed by atoms with Gasteiger partial charge in [0.25, 0.3) is 0 Å². The van der Waals surface area contributed by atoms with E-state index in [1.807, 2.05) is 31.2 Å². The first-order chi connectivity index (χ1) is 9.38. The van der Waals surface area contributed by atoms with Crippen LogP contribution < -0.4 is 9.88 Å². The van der Waals surface area contributed by atoms with Gasteiger partial charge >= 0.3 is 0 Å². The molecule has 0 unspecified atom stereocenters. The van der Waals surface area contributed by atoms with Crippen LogP contribution in [0, 0.1) is 6.92 Å². The highest BCUT2D eigenvalue weighted by Gasteiger charge is 2.16. The summed E-state index contributed by atoms with van der Waals surface area (Å²) in [6.07, 6.45) is 0. The predicted molar refractivity (Wildman–Crippen MR) is 78.3 cm³/mol. The van der Waals surface area contributed by atoms with E-state index in [9.17, 15) is 8.42 Å². The Morgan fingerprint density at radius 3 is 2.55 bits per heavy atom. The van der Waals surface area contributed by atoms with Crippen LogP contribution in [0.4, 0.5) is 0 Å². The molecular formula is C14H14ClNO3S. The normalized spacial score (nSPS) is 11.3. The molecule has 106 valence electrons. The number of hydrogen-bond donors (Lipinski definition) is 1. The van der Waals surface area contributed by atoms with Crippen molar-refractivity contribution in [3.05, 3.63) is 58.6 Å². The standard InChI is InChI=1S/C14H14ClNO3S/c1-10-4-2-3-5-11(10)9-19-13-7-6-12(15)8-14(13)20(16,17)18/h2-8H,9H2,1H3,(H2,16,17,18). The SMILES string of the molecule is Cc1ccccc1COc1ccc(Cl)cc1S(N)(=O)=O. The van der Waals surface area contributed by atoms with E-state index in [0.29, 0.717) is 0 Å². The fourth-order valence-corrected chi connectivity index (χ4v) is 2.69. The lowest BCUT2D eigenvalue weighted by molar-refractivity contribution is 0.297. The molecule has 0 bridgehead atoms. The molecule has 4 nitrogen and oxygen atoms in total. The maximum absolute atomic E-state index is 11.5. The summed E-state index contributed by atoms with van der Waals surface area (Å²) in [5, 5.41) is 5.45. The van der Waals surface area contributed by atoms with Gasteiger partial charge in [0.15, 0.2) is 0 Å². The second-order valence-corrected chi connectivity index (χ2v) is 6.32. The van der Waals surface area contributed by atoms with Crippen LogP contribution >= 0.6 is 11.6 Å². The monoisotopic (exact) mass is 311 g/mol. The minimum Gasteiger partial charge on any atom is -0.487 e. The first-order valence-corrected chi connectivity index (χ1v) is 7.80. The van der Waals surface area contributed by atoms with Crippen LogP contribution in [0.5, 0.6) is 5.75 Å². The molecule has 0 aromatic heterocycles. The Hall–Kier alpha value is -1.56. The van der Waals surface area contributed by atoms with Crippen molar-refractivity contribution in [2.45, 2.75) is 18.4 Å². The summed E-state index contributed by atoms with van der Waals surface area (Å²) in [6.45, 7) is 2.22. The van der Waals surface area contributed by atoms with Crippen molar-refractivity contribution in [1.82, 2.24) is 0 Å². The van der Waals surface area contributed by atoms with Crippen LogP contribution in [-0.4, -0.2) is 8.42 Å². The molecule has 0 fully saturated rings. The summed E-state index contributed by atoms with van der Waals surface area (Å²) in [6, 6.07) is 12.0. The average Bonchev–Trinajstić information content (AvgIpc) is 2.38. The maximum atomic E-state index is 11.5. The van der Waals surface area contributed by atoms with Crippen LogP contribution in [-0.2, 0) is 16.6 Å². The lowest BCUT2D eigenvalue weighted by Crippen LogP contribution is -2.14. The van der Waals surface area contributed by atoms with Crippen molar-refractivity contribution in [2.24, 2.45) is 5.14 Å². The van der Waals surface area contributed by atoms with Gasteiger partial charge in [-0.2, -0.15) is 0 Å². The Morgan fingerprint density at radius 1 is 1.20 bits per heavy atom. The molecule has 2 aromatic carbocycles. The number of aryl methyl sites for hydroxylation is 1. The number of ether oxygens (including phenoxy) is 1. The summed E-state index contributed by atoms with van der Waals surface area (Å²) in [4.78, 5) is -0.112. The van der Waals surface area contributed by atoms with Crippen LogP contribution in [0.3, 0.4) is 0 Å². The Labute approximate surface area is 123 Å². The van der Waals surface area contributed by atoms with Gasteiger partial charge in [-0.3, -0.25) is 0 Å². The molecule has 2 N–H and O–H groups in total. The van der Waals surface area contributed by atoms with E-state index in [1.54, 1.807) is 6.07 Å². The van der Waals surface area contributed by atoms with Gasteiger partial charge < -0.3 is 4.74 Å². The second kappa shape index (κ2) is 5.83. The summed E-state index contributed by atoms with van der Waals surface area (Å²) < 4.78 is 28.6. The quantitative estimate of drug-likeness (QED) is 0.944. The summed E-state index contributed by atoms with van der Waals surface area (Å²) in [5.41, 5.74) is 2.04. The van der Waals surface area contributed by atoms with Gasteiger partial charge in [-0.15, -0.1) is 0 Å². The fourth-order valence-electron chi connectivity index (χ4n) is 1.75. The Morgan fingerprint density at radius 2 is 1.90 bits per heavy atom. The van der Waals surface area contributed by atoms with Gasteiger partial charge in [0.05, 0.1) is 0 Å². The molecule has 0 saturated carbocycles. The molecule has 2 aromatic rings. The van der Waals surface area contributed by atoms with E-state index in [2.05, 4.69) is 0 Å². The number of benzene rings is 2. The Balaban J connectivity index is 2.29. The van der Waals surface area contributed by atoms with Gasteiger partial charge in [-0.25, -0.2) is 13.6 Å². The Bertz CT molecular complexity index is 729. The summed E-state index contributed by atoms with van der Waals surface area (Å²) in [7, 11) is -3.88. The minimum atomic E-state index is -3.88. The first-order valence-electron chi connectivity index (χ1n) is 5.87. The van der Waals surface area contributed by atoms with Crippen LogP contribution in [0.25, 0.3) is 0 Å². The molecule has 20 heavy (non-hydrogen) atoms. The van der Waals surface area contributed by atoms with Crippen molar-refractivity contribution >= 4 is 21.6 Å². The van der Waals surface area contributed by atoms with Gasteiger partial charge in [-0.1, -0.05) is 35.9 Å². The molecule has 0 heterocycles. The fraction of sp³-hybridized carbons (Fsp3) is 0.143. The molecule has 6 heteroatoms. The summed E-state index contributed by atoms with van der Waals surface area (Å²) in [5.74, 6) is 0.195. The topological polar surface area (TPSA) is 69.4 Å². The average molecular weight is 312 g/mol. The van der Waals surface area contributed by atoms with Crippen molar-refractivity contribution in [3.63, 3.8) is 0 Å². The van der Waals surface area contributed by atoms with E-state index >= 15 is 0 Å². The van der Waals surface area contributed by atoms with E-state index in [1.165, 1.54) is 12.1 Å². The van der Waals surface area contributed by atoms with E-state index < -0.39 is 10.0 Å². The lowest BCUT2D eigenvalue weighted by Gasteiger charge is -2.12. The number of halogens is 1. The number of rotatable bonds is 4. The van der Waals surface area contributed by atoms with Crippen LogP contribution in [0.2, 0.25) is 5.02 Å². The third-order valence-corrected chi connectivity index (χ3v) is 4.02. The van der Waals surface area contributed by atoms with Crippen LogP contribution in [0.1, 0.15) is 11.1 Å². The number of nitrogens with two attached hydrogens (primary N) is 1. The molecule has 2 rings (SSSR count). The first kappa shape index (κ1) is 14.8. The molecule has 0 atom stereocenters. The smallest absolute Gasteiger partial charge is 0.241 e. The molecule has 0 amide bonds. The largest absolute Gasteiger partial charge is 0.487 e. The molecule has 0 aliphatic heterocycles.